The van der Waals surface area contributed by atoms with Gasteiger partial charge in [0.25, 0.3) is 0 Å². The number of sulfonamides is 1. The molecule has 0 spiro atoms. The van der Waals surface area contributed by atoms with Crippen LogP contribution in [-0.4, -0.2) is 25.3 Å². The minimum atomic E-state index is -3.65. The lowest BCUT2D eigenvalue weighted by Gasteiger charge is -2.15. The summed E-state index contributed by atoms with van der Waals surface area (Å²) < 4.78 is 35.1. The van der Waals surface area contributed by atoms with E-state index in [2.05, 4.69) is 9.82 Å². The van der Waals surface area contributed by atoms with Crippen LogP contribution < -0.4 is 9.46 Å². The van der Waals surface area contributed by atoms with Gasteiger partial charge in [-0.15, -0.1) is 0 Å². The summed E-state index contributed by atoms with van der Waals surface area (Å²) in [6.45, 7) is 7.86. The van der Waals surface area contributed by atoms with E-state index in [1.165, 1.54) is 0 Å². The number of hydrogen-bond donors (Lipinski definition) is 1. The maximum Gasteiger partial charge on any atom is 0.244 e. The van der Waals surface area contributed by atoms with E-state index in [1.54, 1.807) is 32.6 Å². The van der Waals surface area contributed by atoms with Gasteiger partial charge in [-0.2, -0.15) is 5.10 Å². The van der Waals surface area contributed by atoms with E-state index in [-0.39, 0.29) is 10.9 Å². The summed E-state index contributed by atoms with van der Waals surface area (Å²) in [6.07, 6.45) is 0. The predicted octanol–water partition coefficient (Wildman–Crippen LogP) is 2.57. The molecule has 1 aromatic carbocycles. The summed E-state index contributed by atoms with van der Waals surface area (Å²) in [4.78, 5) is 0.258. The highest BCUT2D eigenvalue weighted by atomic mass is 32.2. The molecular formula is C16H23N3O3S. The normalized spacial score (nSPS) is 13.1. The van der Waals surface area contributed by atoms with Crippen molar-refractivity contribution in [3.63, 3.8) is 0 Å². The quantitative estimate of drug-likeness (QED) is 0.879. The van der Waals surface area contributed by atoms with Crippen molar-refractivity contribution in [2.45, 2.75) is 45.2 Å². The van der Waals surface area contributed by atoms with Crippen LogP contribution in [0.3, 0.4) is 0 Å². The van der Waals surface area contributed by atoms with E-state index in [0.717, 1.165) is 5.56 Å². The van der Waals surface area contributed by atoms with Gasteiger partial charge in [-0.05, 0) is 45.4 Å². The Morgan fingerprint density at radius 1 is 1.35 bits per heavy atom. The summed E-state index contributed by atoms with van der Waals surface area (Å²) in [7, 11) is -2.07. The first-order valence-corrected chi connectivity index (χ1v) is 8.98. The van der Waals surface area contributed by atoms with Crippen LogP contribution in [0.2, 0.25) is 0 Å². The van der Waals surface area contributed by atoms with Gasteiger partial charge in [0.2, 0.25) is 10.0 Å². The monoisotopic (exact) mass is 337 g/mol. The molecule has 1 aromatic heterocycles. The summed E-state index contributed by atoms with van der Waals surface area (Å²) in [6, 6.07) is 6.97. The number of aryl methyl sites for hydroxylation is 2. The number of rotatable bonds is 6. The van der Waals surface area contributed by atoms with Crippen LogP contribution in [0, 0.1) is 13.8 Å². The number of benzene rings is 1. The Balaban J connectivity index is 2.32. The molecule has 0 bridgehead atoms. The summed E-state index contributed by atoms with van der Waals surface area (Å²) >= 11 is 0. The molecule has 0 unspecified atom stereocenters. The number of hydrogen-bond acceptors (Lipinski definition) is 4. The standard InChI is InChI=1S/C16H23N3O3S/c1-6-19-13(4)16(12(3)17-19)23(20,21)18-11(2)14-8-7-9-15(10-14)22-5/h7-11,18H,6H2,1-5H3/t11-/m1/s1. The van der Waals surface area contributed by atoms with Crippen molar-refractivity contribution >= 4 is 10.0 Å². The lowest BCUT2D eigenvalue weighted by Crippen LogP contribution is -2.27. The maximum atomic E-state index is 12.7. The van der Waals surface area contributed by atoms with E-state index < -0.39 is 10.0 Å². The molecule has 126 valence electrons. The van der Waals surface area contributed by atoms with Gasteiger partial charge in [0.1, 0.15) is 10.6 Å². The van der Waals surface area contributed by atoms with Crippen molar-refractivity contribution in [3.05, 3.63) is 41.2 Å². The predicted molar refractivity (Wildman–Crippen MR) is 89.1 cm³/mol. The average Bonchev–Trinajstić information content (AvgIpc) is 2.81. The van der Waals surface area contributed by atoms with Crippen molar-refractivity contribution in [2.24, 2.45) is 0 Å². The van der Waals surface area contributed by atoms with E-state index >= 15 is 0 Å². The molecule has 0 aliphatic carbocycles. The van der Waals surface area contributed by atoms with E-state index in [4.69, 9.17) is 4.74 Å². The molecule has 7 heteroatoms. The van der Waals surface area contributed by atoms with Gasteiger partial charge in [-0.3, -0.25) is 4.68 Å². The fourth-order valence-corrected chi connectivity index (χ4v) is 4.29. The summed E-state index contributed by atoms with van der Waals surface area (Å²) in [5.41, 5.74) is 2.00. The number of nitrogens with one attached hydrogen (secondary N) is 1. The Morgan fingerprint density at radius 3 is 2.61 bits per heavy atom. The molecule has 0 saturated carbocycles. The lowest BCUT2D eigenvalue weighted by molar-refractivity contribution is 0.413. The van der Waals surface area contributed by atoms with Gasteiger partial charge in [0.05, 0.1) is 18.5 Å². The highest BCUT2D eigenvalue weighted by Gasteiger charge is 2.26. The van der Waals surface area contributed by atoms with Crippen LogP contribution >= 0.6 is 0 Å². The molecule has 1 heterocycles. The number of ether oxygens (including phenoxy) is 1. The van der Waals surface area contributed by atoms with Crippen molar-refractivity contribution in [1.82, 2.24) is 14.5 Å². The number of nitrogens with zero attached hydrogens (tertiary/aromatic N) is 2. The van der Waals surface area contributed by atoms with Crippen molar-refractivity contribution < 1.29 is 13.2 Å². The fourth-order valence-electron chi connectivity index (χ4n) is 2.65. The zero-order chi connectivity index (χ0) is 17.2. The fraction of sp³-hybridized carbons (Fsp3) is 0.438. The van der Waals surface area contributed by atoms with E-state index in [0.29, 0.717) is 23.7 Å². The topological polar surface area (TPSA) is 73.2 Å². The van der Waals surface area contributed by atoms with E-state index in [9.17, 15) is 8.42 Å². The molecule has 2 rings (SSSR count). The van der Waals surface area contributed by atoms with Crippen molar-refractivity contribution in [1.29, 1.82) is 0 Å². The third-order valence-corrected chi connectivity index (χ3v) is 5.60. The van der Waals surface area contributed by atoms with Gasteiger partial charge in [0, 0.05) is 12.6 Å². The summed E-state index contributed by atoms with van der Waals surface area (Å²) in [5.74, 6) is 0.694. The Kier molecular flexibility index (Phi) is 5.11. The van der Waals surface area contributed by atoms with Crippen LogP contribution in [0.4, 0.5) is 0 Å². The first-order valence-electron chi connectivity index (χ1n) is 7.50. The summed E-state index contributed by atoms with van der Waals surface area (Å²) in [5, 5.41) is 4.28. The smallest absolute Gasteiger partial charge is 0.244 e. The second kappa shape index (κ2) is 6.72. The third-order valence-electron chi connectivity index (χ3n) is 3.81. The SMILES string of the molecule is CCn1nc(C)c(S(=O)(=O)N[C@H](C)c2cccc(OC)c2)c1C. The Hall–Kier alpha value is -1.86. The molecule has 6 nitrogen and oxygen atoms in total. The number of methoxy groups -OCH3 is 1. The van der Waals surface area contributed by atoms with Crippen LogP contribution in [-0.2, 0) is 16.6 Å². The molecule has 0 aliphatic heterocycles. The minimum absolute atomic E-state index is 0.258. The van der Waals surface area contributed by atoms with Crippen LogP contribution in [0.25, 0.3) is 0 Å². The molecule has 23 heavy (non-hydrogen) atoms. The molecule has 0 fully saturated rings. The Bertz CT molecular complexity index is 797. The zero-order valence-corrected chi connectivity index (χ0v) is 14.9. The third kappa shape index (κ3) is 3.56. The Morgan fingerprint density at radius 2 is 2.04 bits per heavy atom. The zero-order valence-electron chi connectivity index (χ0n) is 14.1. The molecule has 0 radical (unpaired) electrons. The van der Waals surface area contributed by atoms with Crippen molar-refractivity contribution in [3.8, 4) is 5.75 Å². The molecule has 1 N–H and O–H groups in total. The molecule has 1 atom stereocenters. The highest BCUT2D eigenvalue weighted by molar-refractivity contribution is 7.89. The average molecular weight is 337 g/mol. The molecule has 0 saturated heterocycles. The molecule has 2 aromatic rings. The second-order valence-corrected chi connectivity index (χ2v) is 7.09. The van der Waals surface area contributed by atoms with Crippen LogP contribution in [0.1, 0.15) is 36.8 Å². The Labute approximate surface area is 137 Å². The van der Waals surface area contributed by atoms with Crippen molar-refractivity contribution in [2.75, 3.05) is 7.11 Å². The van der Waals surface area contributed by atoms with Crippen LogP contribution in [0.15, 0.2) is 29.2 Å². The van der Waals surface area contributed by atoms with Gasteiger partial charge in [-0.25, -0.2) is 13.1 Å². The molecule has 0 amide bonds. The first-order chi connectivity index (χ1) is 10.8. The minimum Gasteiger partial charge on any atom is -0.497 e. The van der Waals surface area contributed by atoms with Gasteiger partial charge in [-0.1, -0.05) is 12.1 Å². The van der Waals surface area contributed by atoms with Gasteiger partial charge >= 0.3 is 0 Å². The number of aromatic nitrogens is 2. The van der Waals surface area contributed by atoms with Crippen LogP contribution in [0.5, 0.6) is 5.75 Å². The van der Waals surface area contributed by atoms with Gasteiger partial charge in [0.15, 0.2) is 0 Å². The molecule has 0 aliphatic rings. The highest BCUT2D eigenvalue weighted by Crippen LogP contribution is 2.24. The molecular weight excluding hydrogens is 314 g/mol. The van der Waals surface area contributed by atoms with E-state index in [1.807, 2.05) is 31.2 Å². The lowest BCUT2D eigenvalue weighted by atomic mass is 10.1. The maximum absolute atomic E-state index is 12.7. The first kappa shape index (κ1) is 17.5. The largest absolute Gasteiger partial charge is 0.497 e. The van der Waals surface area contributed by atoms with Gasteiger partial charge < -0.3 is 4.74 Å². The second-order valence-electron chi connectivity index (χ2n) is 5.44.